The predicted octanol–water partition coefficient (Wildman–Crippen LogP) is 6.42. The summed E-state index contributed by atoms with van der Waals surface area (Å²) in [6.45, 7) is 3.38. The first-order chi connectivity index (χ1) is 12.6. The molecule has 0 aliphatic rings. The fourth-order valence-electron chi connectivity index (χ4n) is 2.72. The third-order valence-corrected chi connectivity index (χ3v) is 4.75. The molecule has 0 saturated heterocycles. The van der Waals surface area contributed by atoms with E-state index in [0.29, 0.717) is 16.7 Å². The standard InChI is InChI=1S/C22H21Cl2NO/c1-16(21-11-10-19(23)13-22(21)24)25-14-18-8-5-9-20(12-18)26-15-17-6-3-2-4-7-17/h2-13,16,25H,14-15H2,1H3. The van der Waals surface area contributed by atoms with Crippen LogP contribution in [0.25, 0.3) is 0 Å². The van der Waals surface area contributed by atoms with E-state index < -0.39 is 0 Å². The maximum Gasteiger partial charge on any atom is 0.120 e. The lowest BCUT2D eigenvalue weighted by Crippen LogP contribution is -2.18. The smallest absolute Gasteiger partial charge is 0.120 e. The molecule has 2 nitrogen and oxygen atoms in total. The van der Waals surface area contributed by atoms with E-state index in [1.54, 1.807) is 6.07 Å². The van der Waals surface area contributed by atoms with Crippen LogP contribution >= 0.6 is 23.2 Å². The quantitative estimate of drug-likeness (QED) is 0.506. The lowest BCUT2D eigenvalue weighted by atomic mass is 10.1. The second kappa shape index (κ2) is 9.09. The van der Waals surface area contributed by atoms with Gasteiger partial charge < -0.3 is 10.1 Å². The van der Waals surface area contributed by atoms with Crippen LogP contribution in [0.15, 0.2) is 72.8 Å². The third-order valence-electron chi connectivity index (χ3n) is 4.19. The SMILES string of the molecule is CC(NCc1cccc(OCc2ccccc2)c1)c1ccc(Cl)cc1Cl. The molecule has 0 saturated carbocycles. The number of hydrogen-bond donors (Lipinski definition) is 1. The molecule has 3 rings (SSSR count). The highest BCUT2D eigenvalue weighted by Gasteiger charge is 2.10. The Kier molecular flexibility index (Phi) is 6.56. The summed E-state index contributed by atoms with van der Waals surface area (Å²) in [6, 6.07) is 24.0. The van der Waals surface area contributed by atoms with E-state index in [0.717, 1.165) is 29.0 Å². The molecule has 0 heterocycles. The number of hydrogen-bond acceptors (Lipinski definition) is 2. The highest BCUT2D eigenvalue weighted by molar-refractivity contribution is 6.35. The first-order valence-electron chi connectivity index (χ1n) is 8.56. The number of ether oxygens (including phenoxy) is 1. The Labute approximate surface area is 164 Å². The lowest BCUT2D eigenvalue weighted by molar-refractivity contribution is 0.306. The van der Waals surface area contributed by atoms with E-state index in [4.69, 9.17) is 27.9 Å². The average Bonchev–Trinajstić information content (AvgIpc) is 2.66. The fraction of sp³-hybridized carbons (Fsp3) is 0.182. The lowest BCUT2D eigenvalue weighted by Gasteiger charge is -2.16. The molecule has 3 aromatic rings. The Balaban J connectivity index is 1.58. The molecule has 1 unspecified atom stereocenters. The van der Waals surface area contributed by atoms with E-state index in [2.05, 4.69) is 36.5 Å². The summed E-state index contributed by atoms with van der Waals surface area (Å²) in [5.74, 6) is 0.866. The van der Waals surface area contributed by atoms with Crippen LogP contribution in [0.5, 0.6) is 5.75 Å². The van der Waals surface area contributed by atoms with Gasteiger partial charge in [0.2, 0.25) is 0 Å². The van der Waals surface area contributed by atoms with Crippen molar-refractivity contribution in [3.8, 4) is 5.75 Å². The normalized spacial score (nSPS) is 12.0. The zero-order valence-corrected chi connectivity index (χ0v) is 16.1. The zero-order chi connectivity index (χ0) is 18.4. The molecule has 0 bridgehead atoms. The summed E-state index contributed by atoms with van der Waals surface area (Å²) < 4.78 is 5.89. The molecule has 0 spiro atoms. The maximum atomic E-state index is 6.29. The Bertz CT molecular complexity index is 852. The molecular formula is C22H21Cl2NO. The molecule has 0 aliphatic heterocycles. The van der Waals surface area contributed by atoms with Gasteiger partial charge in [0.05, 0.1) is 0 Å². The summed E-state index contributed by atoms with van der Waals surface area (Å²) >= 11 is 12.3. The van der Waals surface area contributed by atoms with Gasteiger partial charge in [-0.15, -0.1) is 0 Å². The molecule has 0 amide bonds. The molecule has 1 atom stereocenters. The van der Waals surface area contributed by atoms with E-state index in [9.17, 15) is 0 Å². The number of halogens is 2. The van der Waals surface area contributed by atoms with E-state index >= 15 is 0 Å². The van der Waals surface area contributed by atoms with Crippen molar-refractivity contribution in [1.29, 1.82) is 0 Å². The van der Waals surface area contributed by atoms with Gasteiger partial charge in [0.1, 0.15) is 12.4 Å². The average molecular weight is 386 g/mol. The molecule has 4 heteroatoms. The van der Waals surface area contributed by atoms with Crippen LogP contribution < -0.4 is 10.1 Å². The Morgan fingerprint density at radius 2 is 1.65 bits per heavy atom. The summed E-state index contributed by atoms with van der Waals surface area (Å²) in [5.41, 5.74) is 3.35. The Morgan fingerprint density at radius 3 is 2.42 bits per heavy atom. The maximum absolute atomic E-state index is 6.29. The molecule has 26 heavy (non-hydrogen) atoms. The topological polar surface area (TPSA) is 21.3 Å². The highest BCUT2D eigenvalue weighted by atomic mass is 35.5. The van der Waals surface area contributed by atoms with Gasteiger partial charge in [-0.3, -0.25) is 0 Å². The molecule has 0 aromatic heterocycles. The van der Waals surface area contributed by atoms with Crippen molar-refractivity contribution < 1.29 is 4.74 Å². The Hall–Kier alpha value is -2.00. The van der Waals surface area contributed by atoms with Gasteiger partial charge in [-0.1, -0.05) is 71.7 Å². The van der Waals surface area contributed by atoms with Crippen molar-refractivity contribution in [3.05, 3.63) is 99.5 Å². The molecular weight excluding hydrogens is 365 g/mol. The zero-order valence-electron chi connectivity index (χ0n) is 14.6. The molecule has 1 N–H and O–H groups in total. The predicted molar refractivity (Wildman–Crippen MR) is 109 cm³/mol. The summed E-state index contributed by atoms with van der Waals surface area (Å²) in [5, 5.41) is 4.82. The molecule has 0 fully saturated rings. The van der Waals surface area contributed by atoms with Crippen LogP contribution in [0, 0.1) is 0 Å². The number of nitrogens with one attached hydrogen (secondary N) is 1. The van der Waals surface area contributed by atoms with Gasteiger partial charge in [-0.2, -0.15) is 0 Å². The van der Waals surface area contributed by atoms with Gasteiger partial charge in [0.25, 0.3) is 0 Å². The Morgan fingerprint density at radius 1 is 0.885 bits per heavy atom. The first kappa shape index (κ1) is 18.8. The largest absolute Gasteiger partial charge is 0.489 e. The van der Waals surface area contributed by atoms with Gasteiger partial charge >= 0.3 is 0 Å². The molecule has 0 aliphatic carbocycles. The van der Waals surface area contributed by atoms with E-state index in [-0.39, 0.29) is 6.04 Å². The second-order valence-electron chi connectivity index (χ2n) is 6.19. The van der Waals surface area contributed by atoms with E-state index in [1.165, 1.54) is 0 Å². The van der Waals surface area contributed by atoms with Crippen molar-refractivity contribution in [2.24, 2.45) is 0 Å². The van der Waals surface area contributed by atoms with Gasteiger partial charge in [-0.25, -0.2) is 0 Å². The number of rotatable bonds is 7. The number of benzene rings is 3. The minimum Gasteiger partial charge on any atom is -0.489 e. The third kappa shape index (κ3) is 5.25. The van der Waals surface area contributed by atoms with Crippen molar-refractivity contribution >= 4 is 23.2 Å². The van der Waals surface area contributed by atoms with Gasteiger partial charge in [-0.05, 0) is 47.9 Å². The minimum absolute atomic E-state index is 0.119. The van der Waals surface area contributed by atoms with Crippen LogP contribution in [0.2, 0.25) is 10.0 Å². The summed E-state index contributed by atoms with van der Waals surface area (Å²) in [6.07, 6.45) is 0. The summed E-state index contributed by atoms with van der Waals surface area (Å²) in [4.78, 5) is 0. The van der Waals surface area contributed by atoms with Crippen molar-refractivity contribution in [1.82, 2.24) is 5.32 Å². The molecule has 134 valence electrons. The van der Waals surface area contributed by atoms with Crippen LogP contribution in [-0.2, 0) is 13.2 Å². The monoisotopic (exact) mass is 385 g/mol. The van der Waals surface area contributed by atoms with Crippen LogP contribution in [-0.4, -0.2) is 0 Å². The minimum atomic E-state index is 0.119. The molecule has 3 aromatic carbocycles. The van der Waals surface area contributed by atoms with Crippen molar-refractivity contribution in [2.75, 3.05) is 0 Å². The van der Waals surface area contributed by atoms with Crippen LogP contribution in [0.1, 0.15) is 29.7 Å². The summed E-state index contributed by atoms with van der Waals surface area (Å²) in [7, 11) is 0. The first-order valence-corrected chi connectivity index (χ1v) is 9.31. The van der Waals surface area contributed by atoms with Gasteiger partial charge in [0, 0.05) is 22.6 Å². The van der Waals surface area contributed by atoms with Crippen LogP contribution in [0.3, 0.4) is 0 Å². The fourth-order valence-corrected chi connectivity index (χ4v) is 3.29. The second-order valence-corrected chi connectivity index (χ2v) is 7.03. The van der Waals surface area contributed by atoms with Crippen LogP contribution in [0.4, 0.5) is 0 Å². The highest BCUT2D eigenvalue weighted by Crippen LogP contribution is 2.26. The van der Waals surface area contributed by atoms with Crippen molar-refractivity contribution in [2.45, 2.75) is 26.1 Å². The van der Waals surface area contributed by atoms with E-state index in [1.807, 2.05) is 42.5 Å². The molecule has 0 radical (unpaired) electrons. The van der Waals surface area contributed by atoms with Gasteiger partial charge in [0.15, 0.2) is 0 Å². The van der Waals surface area contributed by atoms with Crippen molar-refractivity contribution in [3.63, 3.8) is 0 Å².